The van der Waals surface area contributed by atoms with Crippen LogP contribution in [0.1, 0.15) is 141 Å². The predicted molar refractivity (Wildman–Crippen MR) is 300 cm³/mol. The van der Waals surface area contributed by atoms with Gasteiger partial charge in [0.15, 0.2) is 16.1 Å². The maximum absolute atomic E-state index is 14.1. The van der Waals surface area contributed by atoms with E-state index in [0.717, 1.165) is 66.1 Å². The van der Waals surface area contributed by atoms with Crippen molar-refractivity contribution in [3.8, 4) is 0 Å². The lowest BCUT2D eigenvalue weighted by Crippen LogP contribution is -2.46. The monoisotopic (exact) mass is 1140 g/mol. The highest BCUT2D eigenvalue weighted by Gasteiger charge is 2.40. The van der Waals surface area contributed by atoms with Gasteiger partial charge in [0.05, 0.1) is 16.7 Å². The number of rotatable bonds is 33. The summed E-state index contributed by atoms with van der Waals surface area (Å²) in [6.45, 7) is 2.81. The minimum atomic E-state index is -3.70. The number of aryl methyl sites for hydroxylation is 1. The van der Waals surface area contributed by atoms with Crippen molar-refractivity contribution in [2.75, 3.05) is 64.1 Å². The standard InChI is InChI=1S/C55H72N10O13S2/c1-5-11-46(52(72)61-32-67)65-28-40-34(13-10-14-36(40)53(65)73)12-8-6-7-9-18-58-50(70)37-23-43(60-26-33-15-16-33)38(22-35(37)31-80(4,77)78)41(27-63(2)3)39-24-44(62-45(39)29-66)51(71)59-20-19-57-48(68)17-21-64-49(69)25-47(54(64)74)79-30-42(56)55(75)76/h10,13-14,22-24,27,29,32-33,42,46-47,60,62H,5-9,11-12,15-21,25-26,28,30-31,56H2,1-4H3,(H,57,68)(H,58,70)(H,59,71)(H,75,76)(H,61,67,72)/b41-27-. The number of anilines is 1. The molecule has 3 aromatic rings. The van der Waals surface area contributed by atoms with Gasteiger partial charge < -0.3 is 46.9 Å². The van der Waals surface area contributed by atoms with Crippen molar-refractivity contribution in [1.82, 2.24) is 41.0 Å². The zero-order valence-electron chi connectivity index (χ0n) is 45.5. The van der Waals surface area contributed by atoms with E-state index in [1.165, 1.54) is 11.0 Å². The Morgan fingerprint density at radius 3 is 2.33 bits per heavy atom. The van der Waals surface area contributed by atoms with Crippen LogP contribution in [-0.4, -0.2) is 169 Å². The second kappa shape index (κ2) is 28.7. The summed E-state index contributed by atoms with van der Waals surface area (Å²) in [7, 11) is -0.179. The number of thioether (sulfide) groups is 1. The summed E-state index contributed by atoms with van der Waals surface area (Å²) in [6, 6.07) is 8.38. The van der Waals surface area contributed by atoms with Crippen LogP contribution in [0.25, 0.3) is 5.57 Å². The lowest BCUT2D eigenvalue weighted by molar-refractivity contribution is -0.139. The van der Waals surface area contributed by atoms with Crippen LogP contribution in [0.2, 0.25) is 0 Å². The van der Waals surface area contributed by atoms with Gasteiger partial charge in [0.1, 0.15) is 17.8 Å². The molecule has 0 radical (unpaired) electrons. The van der Waals surface area contributed by atoms with E-state index < -0.39 is 74.3 Å². The molecule has 8 amide bonds. The molecule has 3 aliphatic rings. The molecule has 2 aromatic carbocycles. The van der Waals surface area contributed by atoms with Crippen LogP contribution in [0.3, 0.4) is 0 Å². The zero-order chi connectivity index (χ0) is 58.3. The third kappa shape index (κ3) is 16.8. The number of carbonyl (C=O) groups is 10. The van der Waals surface area contributed by atoms with Crippen LogP contribution < -0.4 is 32.3 Å². The number of carbonyl (C=O) groups excluding carboxylic acids is 9. The first-order valence-electron chi connectivity index (χ1n) is 26.7. The Kier molecular flexibility index (Phi) is 22.2. The van der Waals surface area contributed by atoms with E-state index in [9.17, 15) is 56.4 Å². The molecule has 2 fully saturated rings. The van der Waals surface area contributed by atoms with Crippen molar-refractivity contribution in [3.63, 3.8) is 0 Å². The SMILES string of the molecule is CCCC(C(=O)NC=O)N1Cc2c(CCCCCCNC(=O)c3cc(NCC4CC4)c(/C(=C/N(C)C)c4cc(C(=O)NCCNC(=O)CCN5C(=O)CC(SCC(N)C(=O)O)C5=O)[nH]c4C=O)cc3CS(C)(=O)=O)cccc2C1=O. The third-order valence-electron chi connectivity index (χ3n) is 13.8. The largest absolute Gasteiger partial charge is 0.480 e. The van der Waals surface area contributed by atoms with E-state index in [-0.39, 0.29) is 73.2 Å². The fourth-order valence-electron chi connectivity index (χ4n) is 9.59. The zero-order valence-corrected chi connectivity index (χ0v) is 47.2. The second-order valence-corrected chi connectivity index (χ2v) is 23.9. The number of benzene rings is 2. The fraction of sp³-hybridized carbons (Fsp3) is 0.491. The molecule has 1 aliphatic carbocycles. The number of sulfone groups is 1. The van der Waals surface area contributed by atoms with Gasteiger partial charge in [-0.05, 0) is 85.4 Å². The molecule has 25 heteroatoms. The molecule has 1 saturated carbocycles. The fourth-order valence-corrected chi connectivity index (χ4v) is 11.5. The van der Waals surface area contributed by atoms with Gasteiger partial charge in [-0.3, -0.25) is 58.2 Å². The molecule has 0 bridgehead atoms. The number of aliphatic carboxylic acids is 1. The highest BCUT2D eigenvalue weighted by Crippen LogP contribution is 2.37. The summed E-state index contributed by atoms with van der Waals surface area (Å²) in [5, 5.41) is 22.2. The molecular weight excluding hydrogens is 1070 g/mol. The quantitative estimate of drug-likeness (QED) is 0.0247. The first-order valence-corrected chi connectivity index (χ1v) is 29.8. The summed E-state index contributed by atoms with van der Waals surface area (Å²) >= 11 is 0.974. The smallest absolute Gasteiger partial charge is 0.321 e. The molecule has 3 heterocycles. The van der Waals surface area contributed by atoms with Crippen LogP contribution in [0, 0.1) is 5.92 Å². The van der Waals surface area contributed by atoms with E-state index >= 15 is 0 Å². The molecule has 432 valence electrons. The Morgan fingerprint density at radius 1 is 0.925 bits per heavy atom. The number of amides is 8. The maximum Gasteiger partial charge on any atom is 0.321 e. The number of nitrogens with two attached hydrogens (primary N) is 1. The molecule has 23 nitrogen and oxygen atoms in total. The Morgan fingerprint density at radius 2 is 1.65 bits per heavy atom. The van der Waals surface area contributed by atoms with Gasteiger partial charge in [-0.25, -0.2) is 8.42 Å². The van der Waals surface area contributed by atoms with E-state index in [1.54, 1.807) is 43.4 Å². The van der Waals surface area contributed by atoms with Crippen LogP contribution >= 0.6 is 11.8 Å². The second-order valence-electron chi connectivity index (χ2n) is 20.5. The number of hydrogen-bond acceptors (Lipinski definition) is 16. The number of carboxylic acid groups (broad SMARTS) is 1. The highest BCUT2D eigenvalue weighted by molar-refractivity contribution is 8.00. The molecule has 9 N–H and O–H groups in total. The molecule has 6 rings (SSSR count). The number of likely N-dealkylation sites (tertiary alicyclic amines) is 1. The van der Waals surface area contributed by atoms with Gasteiger partial charge in [0.2, 0.25) is 30.0 Å². The molecule has 1 saturated heterocycles. The minimum absolute atomic E-state index is 0.00732. The van der Waals surface area contributed by atoms with Gasteiger partial charge in [0.25, 0.3) is 17.7 Å². The number of aromatic amines is 1. The van der Waals surface area contributed by atoms with Gasteiger partial charge in [-0.2, -0.15) is 0 Å². The molecular formula is C55H72N10O13S2. The van der Waals surface area contributed by atoms with Crippen molar-refractivity contribution in [1.29, 1.82) is 0 Å². The minimum Gasteiger partial charge on any atom is -0.480 e. The molecule has 3 unspecified atom stereocenters. The normalized spacial score (nSPS) is 16.0. The lowest BCUT2D eigenvalue weighted by atomic mass is 9.92. The van der Waals surface area contributed by atoms with E-state index in [0.29, 0.717) is 85.3 Å². The number of imide groups is 2. The first-order chi connectivity index (χ1) is 38.1. The summed E-state index contributed by atoms with van der Waals surface area (Å²) < 4.78 is 26.0. The van der Waals surface area contributed by atoms with Gasteiger partial charge >= 0.3 is 5.97 Å². The number of unbranched alkanes of at least 4 members (excludes halogenated alkanes) is 3. The number of H-pyrrole nitrogens is 1. The lowest BCUT2D eigenvalue weighted by Gasteiger charge is -2.25. The predicted octanol–water partition coefficient (Wildman–Crippen LogP) is 2.58. The Bertz CT molecular complexity index is 2990. The molecule has 2 aliphatic heterocycles. The van der Waals surface area contributed by atoms with E-state index in [4.69, 9.17) is 10.8 Å². The average Bonchev–Trinajstić information content (AvgIpc) is 3.95. The Labute approximate surface area is 469 Å². The van der Waals surface area contributed by atoms with Crippen LogP contribution in [0.15, 0.2) is 42.6 Å². The van der Waals surface area contributed by atoms with Gasteiger partial charge in [-0.15, -0.1) is 11.8 Å². The van der Waals surface area contributed by atoms with Crippen LogP contribution in [-0.2, 0) is 57.3 Å². The number of nitrogens with one attached hydrogen (secondary N) is 6. The summed E-state index contributed by atoms with van der Waals surface area (Å²) in [5.74, 6) is -4.72. The molecule has 80 heavy (non-hydrogen) atoms. The van der Waals surface area contributed by atoms with Gasteiger partial charge in [-0.1, -0.05) is 38.3 Å². The van der Waals surface area contributed by atoms with Crippen molar-refractivity contribution < 1.29 is 61.5 Å². The Hall–Kier alpha value is -7.38. The van der Waals surface area contributed by atoms with Crippen molar-refractivity contribution in [3.05, 3.63) is 92.9 Å². The summed E-state index contributed by atoms with van der Waals surface area (Å²) in [6.07, 6.45) is 10.1. The molecule has 3 atom stereocenters. The van der Waals surface area contributed by atoms with E-state index in [2.05, 4.69) is 31.6 Å². The van der Waals surface area contributed by atoms with Crippen molar-refractivity contribution in [2.24, 2.45) is 11.7 Å². The van der Waals surface area contributed by atoms with Crippen LogP contribution in [0.5, 0.6) is 0 Å². The third-order valence-corrected chi connectivity index (χ3v) is 16.0. The average molecular weight is 1150 g/mol. The van der Waals surface area contributed by atoms with Crippen molar-refractivity contribution in [2.45, 2.75) is 107 Å². The molecule has 1 aromatic heterocycles. The topological polar surface area (TPSA) is 337 Å². The molecule has 0 spiro atoms. The number of fused-ring (bicyclic) bond motifs is 1. The number of carboxylic acids is 1. The van der Waals surface area contributed by atoms with Crippen LogP contribution in [0.4, 0.5) is 5.69 Å². The Balaban J connectivity index is 1.08. The van der Waals surface area contributed by atoms with E-state index in [1.807, 2.05) is 19.1 Å². The van der Waals surface area contributed by atoms with Crippen molar-refractivity contribution >= 4 is 92.9 Å². The summed E-state index contributed by atoms with van der Waals surface area (Å²) in [5.41, 5.74) is 10.1. The highest BCUT2D eigenvalue weighted by atomic mass is 32.2. The first kappa shape index (κ1) is 61.8. The number of aldehydes is 1. The maximum atomic E-state index is 14.1. The van der Waals surface area contributed by atoms with Gasteiger partial charge in [0, 0.05) is 118 Å². The summed E-state index contributed by atoms with van der Waals surface area (Å²) in [4.78, 5) is 134. The number of nitrogens with zero attached hydrogens (tertiary/aromatic N) is 3. The number of aromatic nitrogens is 1. The number of hydrogen-bond donors (Lipinski definition) is 8.